The zero-order chi connectivity index (χ0) is 13.1. The van der Waals surface area contributed by atoms with Gasteiger partial charge in [-0.05, 0) is 19.9 Å². The van der Waals surface area contributed by atoms with Gasteiger partial charge >= 0.3 is 0 Å². The van der Waals surface area contributed by atoms with Crippen LogP contribution in [0.15, 0.2) is 23.7 Å². The molecule has 2 heterocycles. The van der Waals surface area contributed by atoms with Crippen LogP contribution >= 0.6 is 11.3 Å². The maximum atomic E-state index is 9.74. The molecular weight excluding hydrogens is 246 g/mol. The second-order valence-electron chi connectivity index (χ2n) is 4.31. The zero-order valence-electron chi connectivity index (χ0n) is 10.8. The summed E-state index contributed by atoms with van der Waals surface area (Å²) in [6.07, 6.45) is 1.22. The zero-order valence-corrected chi connectivity index (χ0v) is 11.6. The average Bonchev–Trinajstić information content (AvgIpc) is 2.74. The summed E-state index contributed by atoms with van der Waals surface area (Å²) < 4.78 is 0. The van der Waals surface area contributed by atoms with Crippen molar-refractivity contribution in [3.05, 3.63) is 40.0 Å². The van der Waals surface area contributed by atoms with Gasteiger partial charge in [0, 0.05) is 24.2 Å². The Morgan fingerprint density at radius 2 is 2.28 bits per heavy atom. The van der Waals surface area contributed by atoms with Gasteiger partial charge in [-0.2, -0.15) is 0 Å². The lowest BCUT2D eigenvalue weighted by atomic mass is 10.1. The predicted octanol–water partition coefficient (Wildman–Crippen LogP) is 2.54. The molecule has 0 aromatic carbocycles. The maximum absolute atomic E-state index is 9.74. The molecule has 0 fully saturated rings. The third kappa shape index (κ3) is 2.86. The highest BCUT2D eigenvalue weighted by Gasteiger charge is 2.13. The van der Waals surface area contributed by atoms with Gasteiger partial charge in [0.05, 0.1) is 23.4 Å². The molecule has 1 N–H and O–H groups in total. The van der Waals surface area contributed by atoms with Gasteiger partial charge in [0.15, 0.2) is 0 Å². The van der Waals surface area contributed by atoms with Gasteiger partial charge < -0.3 is 10.0 Å². The molecule has 1 unspecified atom stereocenters. The monoisotopic (exact) mass is 263 g/mol. The van der Waals surface area contributed by atoms with Crippen LogP contribution in [0.3, 0.4) is 0 Å². The Morgan fingerprint density at radius 1 is 1.50 bits per heavy atom. The van der Waals surface area contributed by atoms with Crippen molar-refractivity contribution in [3.63, 3.8) is 0 Å². The van der Waals surface area contributed by atoms with Crippen LogP contribution in [0.1, 0.15) is 29.3 Å². The van der Waals surface area contributed by atoms with Crippen molar-refractivity contribution in [2.24, 2.45) is 0 Å². The van der Waals surface area contributed by atoms with E-state index in [1.54, 1.807) is 24.5 Å². The first kappa shape index (κ1) is 13.0. The van der Waals surface area contributed by atoms with Crippen molar-refractivity contribution in [3.8, 4) is 0 Å². The molecule has 5 heteroatoms. The molecule has 2 aromatic heterocycles. The van der Waals surface area contributed by atoms with Crippen LogP contribution in [-0.4, -0.2) is 22.1 Å². The van der Waals surface area contributed by atoms with Gasteiger partial charge in [-0.3, -0.25) is 0 Å². The number of rotatable bonds is 4. The fraction of sp³-hybridized carbons (Fsp3) is 0.385. The summed E-state index contributed by atoms with van der Waals surface area (Å²) >= 11 is 1.64. The van der Waals surface area contributed by atoms with E-state index in [4.69, 9.17) is 0 Å². The molecule has 1 atom stereocenters. The predicted molar refractivity (Wildman–Crippen MR) is 73.8 cm³/mol. The Labute approximate surface area is 111 Å². The second-order valence-corrected chi connectivity index (χ2v) is 5.37. The number of aliphatic hydroxyl groups is 1. The number of thiazole rings is 1. The molecule has 0 amide bonds. The standard InChI is InChI=1S/C13H17N3OS/c1-9(17)12-5-4-6-14-13(12)16(3)7-11-8-18-10(2)15-11/h4-6,8-9,17H,7H2,1-3H3. The van der Waals surface area contributed by atoms with E-state index in [0.717, 1.165) is 22.1 Å². The van der Waals surface area contributed by atoms with E-state index in [9.17, 15) is 5.11 Å². The molecule has 0 aliphatic rings. The minimum Gasteiger partial charge on any atom is -0.389 e. The fourth-order valence-electron chi connectivity index (χ4n) is 1.85. The normalized spacial score (nSPS) is 12.4. The molecule has 4 nitrogen and oxygen atoms in total. The highest BCUT2D eigenvalue weighted by atomic mass is 32.1. The quantitative estimate of drug-likeness (QED) is 0.921. The molecule has 0 spiro atoms. The summed E-state index contributed by atoms with van der Waals surface area (Å²) in [5, 5.41) is 12.9. The second kappa shape index (κ2) is 5.46. The Morgan fingerprint density at radius 3 is 2.89 bits per heavy atom. The number of aryl methyl sites for hydroxylation is 1. The van der Waals surface area contributed by atoms with Crippen LogP contribution in [0.4, 0.5) is 5.82 Å². The van der Waals surface area contributed by atoms with Gasteiger partial charge in [-0.1, -0.05) is 6.07 Å². The number of pyridine rings is 1. The molecule has 0 radical (unpaired) electrons. The van der Waals surface area contributed by atoms with E-state index >= 15 is 0 Å². The maximum Gasteiger partial charge on any atom is 0.134 e. The molecule has 18 heavy (non-hydrogen) atoms. The fourth-order valence-corrected chi connectivity index (χ4v) is 2.46. The number of nitrogens with zero attached hydrogens (tertiary/aromatic N) is 3. The number of hydrogen-bond donors (Lipinski definition) is 1. The summed E-state index contributed by atoms with van der Waals surface area (Å²) in [5.74, 6) is 0.804. The molecule has 0 aliphatic carbocycles. The van der Waals surface area contributed by atoms with Gasteiger partial charge in [0.2, 0.25) is 0 Å². The van der Waals surface area contributed by atoms with Crippen molar-refractivity contribution in [2.75, 3.05) is 11.9 Å². The Balaban J connectivity index is 2.20. The van der Waals surface area contributed by atoms with Crippen molar-refractivity contribution < 1.29 is 5.11 Å². The summed E-state index contributed by atoms with van der Waals surface area (Å²) in [7, 11) is 1.96. The lowest BCUT2D eigenvalue weighted by Crippen LogP contribution is -2.20. The van der Waals surface area contributed by atoms with E-state index in [1.165, 1.54) is 0 Å². The van der Waals surface area contributed by atoms with E-state index in [2.05, 4.69) is 15.3 Å². The van der Waals surface area contributed by atoms with Crippen LogP contribution in [0.5, 0.6) is 0 Å². The Kier molecular flexibility index (Phi) is 3.93. The van der Waals surface area contributed by atoms with E-state index < -0.39 is 6.10 Å². The molecule has 0 saturated heterocycles. The number of aromatic nitrogens is 2. The van der Waals surface area contributed by atoms with Gasteiger partial charge in [0.1, 0.15) is 5.82 Å². The lowest BCUT2D eigenvalue weighted by Gasteiger charge is -2.21. The first-order valence-electron chi connectivity index (χ1n) is 5.83. The van der Waals surface area contributed by atoms with Gasteiger partial charge in [0.25, 0.3) is 0 Å². The summed E-state index contributed by atoms with van der Waals surface area (Å²) in [6, 6.07) is 3.74. The first-order chi connectivity index (χ1) is 8.58. The van der Waals surface area contributed by atoms with Crippen molar-refractivity contribution in [2.45, 2.75) is 26.5 Å². The highest BCUT2D eigenvalue weighted by molar-refractivity contribution is 7.09. The van der Waals surface area contributed by atoms with E-state index in [0.29, 0.717) is 6.54 Å². The minimum absolute atomic E-state index is 0.520. The third-order valence-electron chi connectivity index (χ3n) is 2.69. The Bertz CT molecular complexity index is 524. The first-order valence-corrected chi connectivity index (χ1v) is 6.71. The van der Waals surface area contributed by atoms with Crippen molar-refractivity contribution in [1.82, 2.24) is 9.97 Å². The van der Waals surface area contributed by atoms with Crippen LogP contribution in [0.25, 0.3) is 0 Å². The third-order valence-corrected chi connectivity index (χ3v) is 3.52. The summed E-state index contributed by atoms with van der Waals surface area (Å²) in [6.45, 7) is 4.44. The van der Waals surface area contributed by atoms with E-state index in [-0.39, 0.29) is 0 Å². The SMILES string of the molecule is Cc1nc(CN(C)c2ncccc2C(C)O)cs1. The van der Waals surface area contributed by atoms with Gasteiger partial charge in [-0.15, -0.1) is 11.3 Å². The van der Waals surface area contributed by atoms with Crippen LogP contribution < -0.4 is 4.90 Å². The van der Waals surface area contributed by atoms with E-state index in [1.807, 2.05) is 31.0 Å². The number of aliphatic hydroxyl groups excluding tert-OH is 1. The van der Waals surface area contributed by atoms with Crippen LogP contribution in [0, 0.1) is 6.92 Å². The molecule has 2 rings (SSSR count). The topological polar surface area (TPSA) is 49.2 Å². The summed E-state index contributed by atoms with van der Waals surface area (Å²) in [5.41, 5.74) is 1.87. The molecule has 96 valence electrons. The van der Waals surface area contributed by atoms with Gasteiger partial charge in [-0.25, -0.2) is 9.97 Å². The van der Waals surface area contributed by atoms with Crippen LogP contribution in [-0.2, 0) is 6.54 Å². The number of hydrogen-bond acceptors (Lipinski definition) is 5. The molecular formula is C13H17N3OS. The average molecular weight is 263 g/mol. The molecule has 0 aliphatic heterocycles. The minimum atomic E-state index is -0.520. The largest absolute Gasteiger partial charge is 0.389 e. The summed E-state index contributed by atoms with van der Waals surface area (Å²) in [4.78, 5) is 10.8. The smallest absolute Gasteiger partial charge is 0.134 e. The number of anilines is 1. The highest BCUT2D eigenvalue weighted by Crippen LogP contribution is 2.24. The van der Waals surface area contributed by atoms with Crippen molar-refractivity contribution >= 4 is 17.2 Å². The van der Waals surface area contributed by atoms with Crippen LogP contribution in [0.2, 0.25) is 0 Å². The molecule has 0 bridgehead atoms. The lowest BCUT2D eigenvalue weighted by molar-refractivity contribution is 0.199. The molecule has 0 saturated carbocycles. The molecule has 2 aromatic rings. The van der Waals surface area contributed by atoms with Crippen molar-refractivity contribution in [1.29, 1.82) is 0 Å². The Hall–Kier alpha value is -1.46.